The van der Waals surface area contributed by atoms with Crippen molar-refractivity contribution >= 4 is 0 Å². The van der Waals surface area contributed by atoms with Crippen LogP contribution >= 0.6 is 0 Å². The van der Waals surface area contributed by atoms with Gasteiger partial charge in [0.15, 0.2) is 0 Å². The van der Waals surface area contributed by atoms with E-state index in [0.717, 1.165) is 44.6 Å². The Balaban J connectivity index is 2.02. The highest BCUT2D eigenvalue weighted by molar-refractivity contribution is 5.16. The van der Waals surface area contributed by atoms with E-state index in [1.165, 1.54) is 5.56 Å². The highest BCUT2D eigenvalue weighted by Crippen LogP contribution is 2.17. The Labute approximate surface area is 109 Å². The smallest absolute Gasteiger partial charge is 0.109 e. The number of aromatic nitrogens is 1. The van der Waals surface area contributed by atoms with Crippen molar-refractivity contribution in [2.45, 2.75) is 38.6 Å². The van der Waals surface area contributed by atoms with Gasteiger partial charge in [0.1, 0.15) is 5.76 Å². The first kappa shape index (κ1) is 13.1. The maximum absolute atomic E-state index is 5.79. The SMILES string of the molecule is CCCNC(Cc1cccnc1)C1=CCCCO1. The molecule has 1 aromatic heterocycles. The van der Waals surface area contributed by atoms with E-state index in [-0.39, 0.29) is 6.04 Å². The van der Waals surface area contributed by atoms with Crippen LogP contribution in [0.1, 0.15) is 31.7 Å². The summed E-state index contributed by atoms with van der Waals surface area (Å²) in [5.74, 6) is 1.11. The van der Waals surface area contributed by atoms with Crippen LogP contribution in [0.25, 0.3) is 0 Å². The summed E-state index contributed by atoms with van der Waals surface area (Å²) in [4.78, 5) is 4.18. The van der Waals surface area contributed by atoms with Gasteiger partial charge < -0.3 is 10.1 Å². The number of rotatable bonds is 6. The van der Waals surface area contributed by atoms with E-state index in [1.54, 1.807) is 0 Å². The Morgan fingerprint density at radius 3 is 3.11 bits per heavy atom. The van der Waals surface area contributed by atoms with Gasteiger partial charge in [-0.15, -0.1) is 0 Å². The number of hydrogen-bond acceptors (Lipinski definition) is 3. The Hall–Kier alpha value is -1.35. The first-order valence-corrected chi connectivity index (χ1v) is 6.85. The Bertz CT molecular complexity index is 375. The van der Waals surface area contributed by atoms with E-state index < -0.39 is 0 Å². The molecule has 3 nitrogen and oxygen atoms in total. The Kier molecular flexibility index (Phi) is 5.21. The monoisotopic (exact) mass is 246 g/mol. The molecule has 0 aliphatic carbocycles. The zero-order valence-electron chi connectivity index (χ0n) is 11.1. The minimum atomic E-state index is 0.287. The molecule has 1 unspecified atom stereocenters. The van der Waals surface area contributed by atoms with Crippen LogP contribution in [0.2, 0.25) is 0 Å². The minimum Gasteiger partial charge on any atom is -0.497 e. The number of hydrogen-bond donors (Lipinski definition) is 1. The van der Waals surface area contributed by atoms with Crippen LogP contribution in [0.5, 0.6) is 0 Å². The molecule has 1 N–H and O–H groups in total. The first-order chi connectivity index (χ1) is 8.90. The van der Waals surface area contributed by atoms with E-state index in [2.05, 4.69) is 29.4 Å². The summed E-state index contributed by atoms with van der Waals surface area (Å²) < 4.78 is 5.79. The predicted octanol–water partition coefficient (Wildman–Crippen LogP) is 2.69. The minimum absolute atomic E-state index is 0.287. The molecule has 0 radical (unpaired) electrons. The van der Waals surface area contributed by atoms with Crippen molar-refractivity contribution in [2.75, 3.05) is 13.2 Å². The quantitative estimate of drug-likeness (QED) is 0.838. The standard InChI is InChI=1S/C15H22N2O/c1-2-8-17-14(15-7-3-4-10-18-15)11-13-6-5-9-16-12-13/h5-7,9,12,14,17H,2-4,8,10-11H2,1H3. The molecule has 1 aliphatic rings. The highest BCUT2D eigenvalue weighted by Gasteiger charge is 2.17. The van der Waals surface area contributed by atoms with Crippen LogP contribution in [-0.2, 0) is 11.2 Å². The van der Waals surface area contributed by atoms with Gasteiger partial charge in [-0.2, -0.15) is 0 Å². The molecule has 0 amide bonds. The number of nitrogens with one attached hydrogen (secondary N) is 1. The first-order valence-electron chi connectivity index (χ1n) is 6.85. The zero-order chi connectivity index (χ0) is 12.6. The topological polar surface area (TPSA) is 34.2 Å². The van der Waals surface area contributed by atoms with E-state index in [9.17, 15) is 0 Å². The fourth-order valence-corrected chi connectivity index (χ4v) is 2.17. The molecule has 0 bridgehead atoms. The zero-order valence-corrected chi connectivity index (χ0v) is 11.1. The van der Waals surface area contributed by atoms with Gasteiger partial charge in [-0.05, 0) is 49.9 Å². The third-order valence-corrected chi connectivity index (χ3v) is 3.11. The van der Waals surface area contributed by atoms with Gasteiger partial charge in [0.2, 0.25) is 0 Å². The van der Waals surface area contributed by atoms with E-state index in [4.69, 9.17) is 4.74 Å². The molecule has 2 heterocycles. The number of allylic oxidation sites excluding steroid dienone is 1. The second-order valence-electron chi connectivity index (χ2n) is 4.67. The van der Waals surface area contributed by atoms with Crippen LogP contribution in [0.3, 0.4) is 0 Å². The third kappa shape index (κ3) is 3.84. The lowest BCUT2D eigenvalue weighted by atomic mass is 10.0. The average Bonchev–Trinajstić information content (AvgIpc) is 2.45. The van der Waals surface area contributed by atoms with Crippen molar-refractivity contribution in [3.63, 3.8) is 0 Å². The van der Waals surface area contributed by atoms with Crippen molar-refractivity contribution in [3.8, 4) is 0 Å². The largest absolute Gasteiger partial charge is 0.497 e. The lowest BCUT2D eigenvalue weighted by Crippen LogP contribution is -2.35. The Morgan fingerprint density at radius 1 is 1.50 bits per heavy atom. The van der Waals surface area contributed by atoms with Crippen LogP contribution in [0.15, 0.2) is 36.4 Å². The van der Waals surface area contributed by atoms with Crippen molar-refractivity contribution in [1.29, 1.82) is 0 Å². The highest BCUT2D eigenvalue weighted by atomic mass is 16.5. The van der Waals surface area contributed by atoms with Gasteiger partial charge in [0.05, 0.1) is 12.6 Å². The maximum atomic E-state index is 5.79. The predicted molar refractivity (Wildman–Crippen MR) is 73.3 cm³/mol. The number of pyridine rings is 1. The molecule has 1 aliphatic heterocycles. The summed E-state index contributed by atoms with van der Waals surface area (Å²) in [6.45, 7) is 4.05. The second-order valence-corrected chi connectivity index (χ2v) is 4.67. The molecule has 0 saturated carbocycles. The lowest BCUT2D eigenvalue weighted by molar-refractivity contribution is 0.167. The molecule has 1 atom stereocenters. The molecule has 0 spiro atoms. The van der Waals surface area contributed by atoms with Gasteiger partial charge in [-0.25, -0.2) is 0 Å². The average molecular weight is 246 g/mol. The van der Waals surface area contributed by atoms with Crippen molar-refractivity contribution in [2.24, 2.45) is 0 Å². The molecule has 0 fully saturated rings. The van der Waals surface area contributed by atoms with E-state index in [0.29, 0.717) is 0 Å². The summed E-state index contributed by atoms with van der Waals surface area (Å²) in [7, 11) is 0. The second kappa shape index (κ2) is 7.17. The summed E-state index contributed by atoms with van der Waals surface area (Å²) in [6, 6.07) is 4.40. The molecule has 98 valence electrons. The van der Waals surface area contributed by atoms with Gasteiger partial charge in [0.25, 0.3) is 0 Å². The molecule has 1 aromatic rings. The van der Waals surface area contributed by atoms with Crippen LogP contribution < -0.4 is 5.32 Å². The summed E-state index contributed by atoms with van der Waals surface area (Å²) >= 11 is 0. The van der Waals surface area contributed by atoms with Gasteiger partial charge in [-0.3, -0.25) is 4.98 Å². The number of ether oxygens (including phenoxy) is 1. The van der Waals surface area contributed by atoms with E-state index >= 15 is 0 Å². The molecule has 18 heavy (non-hydrogen) atoms. The summed E-state index contributed by atoms with van der Waals surface area (Å²) in [5, 5.41) is 3.57. The van der Waals surface area contributed by atoms with Gasteiger partial charge >= 0.3 is 0 Å². The number of nitrogens with zero attached hydrogens (tertiary/aromatic N) is 1. The van der Waals surface area contributed by atoms with Gasteiger partial charge in [0, 0.05) is 12.4 Å². The van der Waals surface area contributed by atoms with Gasteiger partial charge in [-0.1, -0.05) is 13.0 Å². The molecule has 3 heteroatoms. The molecule has 2 rings (SSSR count). The molecular formula is C15H22N2O. The molecular weight excluding hydrogens is 224 g/mol. The van der Waals surface area contributed by atoms with Crippen molar-refractivity contribution < 1.29 is 4.74 Å². The van der Waals surface area contributed by atoms with E-state index in [1.807, 2.05) is 18.5 Å². The third-order valence-electron chi connectivity index (χ3n) is 3.11. The lowest BCUT2D eigenvalue weighted by Gasteiger charge is -2.24. The van der Waals surface area contributed by atoms with Crippen LogP contribution in [0.4, 0.5) is 0 Å². The summed E-state index contributed by atoms with van der Waals surface area (Å²) in [5.41, 5.74) is 1.25. The molecule has 0 aromatic carbocycles. The summed E-state index contributed by atoms with van der Waals surface area (Å²) in [6.07, 6.45) is 10.3. The van der Waals surface area contributed by atoms with Crippen LogP contribution in [0, 0.1) is 0 Å². The van der Waals surface area contributed by atoms with Crippen molar-refractivity contribution in [3.05, 3.63) is 41.9 Å². The maximum Gasteiger partial charge on any atom is 0.109 e. The van der Waals surface area contributed by atoms with Crippen molar-refractivity contribution in [1.82, 2.24) is 10.3 Å². The fourth-order valence-electron chi connectivity index (χ4n) is 2.17. The van der Waals surface area contributed by atoms with Crippen LogP contribution in [-0.4, -0.2) is 24.2 Å². The fraction of sp³-hybridized carbons (Fsp3) is 0.533. The Morgan fingerprint density at radius 2 is 2.44 bits per heavy atom. The normalized spacial score (nSPS) is 16.8. The molecule has 0 saturated heterocycles.